The molecule has 74 valence electrons. The molecule has 0 bridgehead atoms. The highest BCUT2D eigenvalue weighted by Gasteiger charge is 1.90. The molecular weight excluding hydrogens is 160 g/mol. The Balaban J connectivity index is 2.73. The normalized spacial score (nSPS) is 10.5. The number of aliphatic hydroxyl groups excluding tert-OH is 2. The smallest absolute Gasteiger partial charge is 0.0823 e. The highest BCUT2D eigenvalue weighted by atomic mass is 17.2. The molecule has 2 N–H and O–H groups in total. The second kappa shape index (κ2) is 10.8. The average molecular weight is 178 g/mol. The summed E-state index contributed by atoms with van der Waals surface area (Å²) in [5.74, 6) is 0. The Bertz CT molecular complexity index is 67.5. The largest absolute Gasteiger partial charge is 0.396 e. The fraction of sp³-hybridized carbons (Fsp3) is 1.00. The van der Waals surface area contributed by atoms with Gasteiger partial charge in [0, 0.05) is 13.2 Å². The summed E-state index contributed by atoms with van der Waals surface area (Å²) in [5.41, 5.74) is 0. The van der Waals surface area contributed by atoms with Crippen LogP contribution in [0.15, 0.2) is 0 Å². The van der Waals surface area contributed by atoms with E-state index in [1.807, 2.05) is 0 Å². The second-order valence-electron chi connectivity index (χ2n) is 2.51. The van der Waals surface area contributed by atoms with Crippen LogP contribution in [0.3, 0.4) is 0 Å². The highest BCUT2D eigenvalue weighted by Crippen LogP contribution is 1.92. The van der Waals surface area contributed by atoms with Crippen molar-refractivity contribution in [3.05, 3.63) is 0 Å². The molecular formula is C8H18O4. The third-order valence-corrected chi connectivity index (χ3v) is 1.35. The summed E-state index contributed by atoms with van der Waals surface area (Å²) in [5, 5.41) is 16.8. The predicted octanol–water partition coefficient (Wildman–Crippen LogP) is 0.480. The Kier molecular flexibility index (Phi) is 10.7. The third kappa shape index (κ3) is 9.84. The fourth-order valence-electron chi connectivity index (χ4n) is 0.663. The van der Waals surface area contributed by atoms with Crippen molar-refractivity contribution < 1.29 is 20.0 Å². The summed E-state index contributed by atoms with van der Waals surface area (Å²) < 4.78 is 0. The average Bonchev–Trinajstić information content (AvgIpc) is 2.10. The summed E-state index contributed by atoms with van der Waals surface area (Å²) >= 11 is 0. The molecule has 0 aliphatic rings. The van der Waals surface area contributed by atoms with Crippen LogP contribution in [0.4, 0.5) is 0 Å². The molecule has 0 aromatic carbocycles. The van der Waals surface area contributed by atoms with Crippen LogP contribution in [-0.4, -0.2) is 36.6 Å². The van der Waals surface area contributed by atoms with Gasteiger partial charge in [-0.2, -0.15) is 0 Å². The van der Waals surface area contributed by atoms with Gasteiger partial charge in [0.05, 0.1) is 13.2 Å². The van der Waals surface area contributed by atoms with Crippen molar-refractivity contribution in [2.75, 3.05) is 26.4 Å². The van der Waals surface area contributed by atoms with Gasteiger partial charge in [-0.05, 0) is 25.7 Å². The lowest BCUT2D eigenvalue weighted by atomic mass is 10.3. The van der Waals surface area contributed by atoms with Gasteiger partial charge in [0.25, 0.3) is 0 Å². The number of aliphatic hydroxyl groups is 2. The summed E-state index contributed by atoms with van der Waals surface area (Å²) in [6, 6.07) is 0. The van der Waals surface area contributed by atoms with Gasteiger partial charge in [0.1, 0.15) is 0 Å². The molecule has 0 aromatic heterocycles. The molecule has 0 heterocycles. The van der Waals surface area contributed by atoms with E-state index in [0.717, 1.165) is 25.7 Å². The van der Waals surface area contributed by atoms with Crippen LogP contribution >= 0.6 is 0 Å². The molecule has 4 heteroatoms. The molecule has 0 aliphatic heterocycles. The maximum atomic E-state index is 8.41. The first kappa shape index (κ1) is 11.8. The third-order valence-electron chi connectivity index (χ3n) is 1.35. The minimum Gasteiger partial charge on any atom is -0.396 e. The van der Waals surface area contributed by atoms with Crippen LogP contribution in [-0.2, 0) is 9.78 Å². The molecule has 0 amide bonds. The quantitative estimate of drug-likeness (QED) is 0.306. The lowest BCUT2D eigenvalue weighted by molar-refractivity contribution is -0.295. The molecule has 4 nitrogen and oxygen atoms in total. The van der Waals surface area contributed by atoms with E-state index < -0.39 is 0 Å². The Morgan fingerprint density at radius 3 is 1.42 bits per heavy atom. The van der Waals surface area contributed by atoms with Crippen molar-refractivity contribution in [3.8, 4) is 0 Å². The number of hydrogen-bond donors (Lipinski definition) is 2. The Labute approximate surface area is 73.0 Å². The molecule has 0 rings (SSSR count). The molecule has 0 aromatic rings. The van der Waals surface area contributed by atoms with E-state index in [4.69, 9.17) is 20.0 Å². The Morgan fingerprint density at radius 2 is 1.08 bits per heavy atom. The summed E-state index contributed by atoms with van der Waals surface area (Å²) in [7, 11) is 0. The molecule has 0 radical (unpaired) electrons. The number of hydrogen-bond acceptors (Lipinski definition) is 4. The first-order chi connectivity index (χ1) is 5.91. The van der Waals surface area contributed by atoms with Gasteiger partial charge in [-0.1, -0.05) is 0 Å². The van der Waals surface area contributed by atoms with Crippen LogP contribution < -0.4 is 0 Å². The first-order valence-corrected chi connectivity index (χ1v) is 4.38. The molecule has 0 atom stereocenters. The van der Waals surface area contributed by atoms with Gasteiger partial charge in [-0.15, -0.1) is 0 Å². The fourth-order valence-corrected chi connectivity index (χ4v) is 0.663. The standard InChI is InChI=1S/C8H18O4/c9-5-1-3-7-11-12-8-4-2-6-10/h9-10H,1-8H2. The first-order valence-electron chi connectivity index (χ1n) is 4.38. The van der Waals surface area contributed by atoms with Crippen LogP contribution in [0, 0.1) is 0 Å². The van der Waals surface area contributed by atoms with E-state index in [-0.39, 0.29) is 13.2 Å². The van der Waals surface area contributed by atoms with Crippen LogP contribution in [0.2, 0.25) is 0 Å². The number of unbranched alkanes of at least 4 members (excludes halogenated alkanes) is 2. The summed E-state index contributed by atoms with van der Waals surface area (Å²) in [4.78, 5) is 9.58. The van der Waals surface area contributed by atoms with E-state index in [2.05, 4.69) is 0 Å². The van der Waals surface area contributed by atoms with Crippen LogP contribution in [0.1, 0.15) is 25.7 Å². The second-order valence-corrected chi connectivity index (χ2v) is 2.51. The van der Waals surface area contributed by atoms with Crippen molar-refractivity contribution >= 4 is 0 Å². The highest BCUT2D eigenvalue weighted by molar-refractivity contribution is 4.34. The predicted molar refractivity (Wildman–Crippen MR) is 44.5 cm³/mol. The van der Waals surface area contributed by atoms with Crippen molar-refractivity contribution in [3.63, 3.8) is 0 Å². The Hall–Kier alpha value is -0.160. The summed E-state index contributed by atoms with van der Waals surface area (Å²) in [6.07, 6.45) is 3.13. The van der Waals surface area contributed by atoms with E-state index in [1.54, 1.807) is 0 Å². The van der Waals surface area contributed by atoms with Crippen molar-refractivity contribution in [2.24, 2.45) is 0 Å². The monoisotopic (exact) mass is 178 g/mol. The molecule has 0 saturated carbocycles. The van der Waals surface area contributed by atoms with Gasteiger partial charge in [-0.25, -0.2) is 9.78 Å². The lowest BCUT2D eigenvalue weighted by Gasteiger charge is -2.02. The van der Waals surface area contributed by atoms with Gasteiger partial charge < -0.3 is 10.2 Å². The molecule has 0 fully saturated rings. The minimum absolute atomic E-state index is 0.202. The molecule has 0 saturated heterocycles. The topological polar surface area (TPSA) is 58.9 Å². The maximum absolute atomic E-state index is 8.41. The zero-order valence-corrected chi connectivity index (χ0v) is 7.37. The maximum Gasteiger partial charge on any atom is 0.0823 e. The van der Waals surface area contributed by atoms with Crippen molar-refractivity contribution in [1.29, 1.82) is 0 Å². The van der Waals surface area contributed by atoms with Gasteiger partial charge in [-0.3, -0.25) is 0 Å². The van der Waals surface area contributed by atoms with Gasteiger partial charge >= 0.3 is 0 Å². The minimum atomic E-state index is 0.202. The molecule has 0 unspecified atom stereocenters. The van der Waals surface area contributed by atoms with E-state index in [9.17, 15) is 0 Å². The van der Waals surface area contributed by atoms with Gasteiger partial charge in [0.2, 0.25) is 0 Å². The van der Waals surface area contributed by atoms with Crippen molar-refractivity contribution in [1.82, 2.24) is 0 Å². The van der Waals surface area contributed by atoms with E-state index in [1.165, 1.54) is 0 Å². The zero-order chi connectivity index (χ0) is 9.07. The van der Waals surface area contributed by atoms with Crippen LogP contribution in [0.5, 0.6) is 0 Å². The molecule has 12 heavy (non-hydrogen) atoms. The SMILES string of the molecule is OCCCCOOCCCCO. The Morgan fingerprint density at radius 1 is 0.667 bits per heavy atom. The van der Waals surface area contributed by atoms with E-state index >= 15 is 0 Å². The lowest BCUT2D eigenvalue weighted by Crippen LogP contribution is -2.00. The molecule has 0 spiro atoms. The number of rotatable bonds is 9. The van der Waals surface area contributed by atoms with Crippen molar-refractivity contribution in [2.45, 2.75) is 25.7 Å². The summed E-state index contributed by atoms with van der Waals surface area (Å²) in [6.45, 7) is 1.46. The van der Waals surface area contributed by atoms with Crippen LogP contribution in [0.25, 0.3) is 0 Å². The van der Waals surface area contributed by atoms with Gasteiger partial charge in [0.15, 0.2) is 0 Å². The van der Waals surface area contributed by atoms with E-state index in [0.29, 0.717) is 13.2 Å². The zero-order valence-electron chi connectivity index (χ0n) is 7.37. The molecule has 0 aliphatic carbocycles.